The summed E-state index contributed by atoms with van der Waals surface area (Å²) in [5, 5.41) is 9.57. The predicted molar refractivity (Wildman–Crippen MR) is 121 cm³/mol. The molecule has 0 radical (unpaired) electrons. The van der Waals surface area contributed by atoms with Crippen LogP contribution in [0, 0.1) is 5.41 Å². The fourth-order valence-electron chi connectivity index (χ4n) is 4.04. The Morgan fingerprint density at radius 3 is 2.33 bits per heavy atom. The molecule has 0 atom stereocenters. The van der Waals surface area contributed by atoms with Crippen molar-refractivity contribution in [1.29, 1.82) is 0 Å². The summed E-state index contributed by atoms with van der Waals surface area (Å²) in [5.74, 6) is 0.790. The number of hydrogen-bond acceptors (Lipinski definition) is 4. The number of carbonyl (C=O) groups excluding carboxylic acids is 1. The number of rotatable bonds is 6. The second-order valence-corrected chi connectivity index (χ2v) is 8.13. The van der Waals surface area contributed by atoms with Crippen LogP contribution in [0.5, 0.6) is 0 Å². The lowest BCUT2D eigenvalue weighted by Gasteiger charge is -2.48. The van der Waals surface area contributed by atoms with Gasteiger partial charge in [0.1, 0.15) is 0 Å². The van der Waals surface area contributed by atoms with Gasteiger partial charge in [0.2, 0.25) is 5.91 Å². The van der Waals surface area contributed by atoms with Crippen molar-refractivity contribution in [2.45, 2.75) is 51.5 Å². The number of aliphatic imine (C=N–C) groups is 1. The molecule has 0 aromatic carbocycles. The van der Waals surface area contributed by atoms with Crippen molar-refractivity contribution in [1.82, 2.24) is 20.9 Å². The molecule has 158 valence electrons. The van der Waals surface area contributed by atoms with Crippen LogP contribution in [0.1, 0.15) is 46.0 Å². The first kappa shape index (κ1) is 24.4. The Morgan fingerprint density at radius 1 is 1.15 bits per heavy atom. The molecule has 27 heavy (non-hydrogen) atoms. The summed E-state index contributed by atoms with van der Waals surface area (Å²) >= 11 is 0. The van der Waals surface area contributed by atoms with Crippen molar-refractivity contribution < 1.29 is 9.53 Å². The van der Waals surface area contributed by atoms with E-state index in [2.05, 4.69) is 25.8 Å². The number of morpholine rings is 1. The molecular formula is C19H38IN5O2. The topological polar surface area (TPSA) is 78.0 Å². The third kappa shape index (κ3) is 6.74. The van der Waals surface area contributed by atoms with Gasteiger partial charge in [-0.25, -0.2) is 0 Å². The number of guanidine groups is 1. The summed E-state index contributed by atoms with van der Waals surface area (Å²) in [6, 6.07) is 0. The number of hydrogen-bond donors (Lipinski definition) is 3. The van der Waals surface area contributed by atoms with Gasteiger partial charge in [0.15, 0.2) is 5.96 Å². The first-order valence-electron chi connectivity index (χ1n) is 9.93. The molecule has 0 aromatic rings. The van der Waals surface area contributed by atoms with Crippen LogP contribution in [-0.2, 0) is 9.53 Å². The third-order valence-electron chi connectivity index (χ3n) is 5.81. The molecule has 0 aromatic heterocycles. The van der Waals surface area contributed by atoms with E-state index >= 15 is 0 Å². The fraction of sp³-hybridized carbons (Fsp3) is 0.895. The molecule has 2 rings (SSSR count). The summed E-state index contributed by atoms with van der Waals surface area (Å²) in [6.07, 6.45) is 6.35. The summed E-state index contributed by atoms with van der Waals surface area (Å²) in [6.45, 7) is 8.97. The van der Waals surface area contributed by atoms with E-state index in [-0.39, 0.29) is 35.4 Å². The van der Waals surface area contributed by atoms with E-state index in [4.69, 9.17) is 4.74 Å². The fourth-order valence-corrected chi connectivity index (χ4v) is 4.04. The van der Waals surface area contributed by atoms with Gasteiger partial charge in [-0.3, -0.25) is 14.7 Å². The third-order valence-corrected chi connectivity index (χ3v) is 5.81. The average molecular weight is 495 g/mol. The van der Waals surface area contributed by atoms with Crippen molar-refractivity contribution in [3.8, 4) is 0 Å². The number of halogens is 1. The zero-order valence-electron chi connectivity index (χ0n) is 17.4. The van der Waals surface area contributed by atoms with E-state index in [0.29, 0.717) is 6.54 Å². The van der Waals surface area contributed by atoms with E-state index in [1.54, 1.807) is 14.1 Å². The van der Waals surface area contributed by atoms with E-state index in [9.17, 15) is 4.79 Å². The van der Waals surface area contributed by atoms with Gasteiger partial charge in [-0.15, -0.1) is 24.0 Å². The maximum Gasteiger partial charge on any atom is 0.227 e. The lowest BCUT2D eigenvalue weighted by molar-refractivity contribution is -0.128. The minimum Gasteiger partial charge on any atom is -0.379 e. The quantitative estimate of drug-likeness (QED) is 0.296. The molecule has 0 spiro atoms. The Bertz CT molecular complexity index is 486. The van der Waals surface area contributed by atoms with E-state index in [1.807, 2.05) is 13.8 Å². The maximum absolute atomic E-state index is 12.0. The molecule has 0 bridgehead atoms. The van der Waals surface area contributed by atoms with E-state index in [0.717, 1.165) is 38.8 Å². The Morgan fingerprint density at radius 2 is 1.78 bits per heavy atom. The molecule has 1 saturated carbocycles. The largest absolute Gasteiger partial charge is 0.379 e. The van der Waals surface area contributed by atoms with Gasteiger partial charge in [-0.05, 0) is 26.7 Å². The molecule has 1 heterocycles. The molecule has 2 aliphatic rings. The highest BCUT2D eigenvalue weighted by Crippen LogP contribution is 2.33. The standard InChI is InChI=1S/C19H37N5O2.HI/c1-18(2,16(25)20-3)14-22-17(21-4)23-15-19(8-6-5-7-9-19)24-10-12-26-13-11-24;/h5-15H2,1-4H3,(H,20,25)(H2,21,22,23);1H. The van der Waals surface area contributed by atoms with Crippen molar-refractivity contribution in [2.75, 3.05) is 53.5 Å². The normalized spacial score (nSPS) is 21.1. The SMILES string of the molecule is CN=C(NCC(C)(C)C(=O)NC)NCC1(N2CCOCC2)CCCCC1.I. The number of ether oxygens (including phenoxy) is 1. The molecule has 8 heteroatoms. The summed E-state index contributed by atoms with van der Waals surface area (Å²) in [7, 11) is 3.46. The van der Waals surface area contributed by atoms with Crippen LogP contribution in [0.3, 0.4) is 0 Å². The Balaban J connectivity index is 0.00000364. The van der Waals surface area contributed by atoms with Crippen molar-refractivity contribution in [3.63, 3.8) is 0 Å². The minimum absolute atomic E-state index is 0. The van der Waals surface area contributed by atoms with Gasteiger partial charge in [-0.1, -0.05) is 19.3 Å². The number of nitrogens with zero attached hydrogens (tertiary/aromatic N) is 2. The van der Waals surface area contributed by atoms with E-state index in [1.165, 1.54) is 32.1 Å². The molecule has 1 aliphatic heterocycles. The van der Waals surface area contributed by atoms with Crippen molar-refractivity contribution >= 4 is 35.8 Å². The summed E-state index contributed by atoms with van der Waals surface area (Å²) in [5.41, 5.74) is -0.297. The van der Waals surface area contributed by atoms with Crippen LogP contribution in [0.15, 0.2) is 4.99 Å². The first-order chi connectivity index (χ1) is 12.4. The van der Waals surface area contributed by atoms with Crippen molar-refractivity contribution in [2.24, 2.45) is 10.4 Å². The molecular weight excluding hydrogens is 457 g/mol. The monoisotopic (exact) mass is 495 g/mol. The van der Waals surface area contributed by atoms with Crippen molar-refractivity contribution in [3.05, 3.63) is 0 Å². The molecule has 3 N–H and O–H groups in total. The second-order valence-electron chi connectivity index (χ2n) is 8.13. The molecule has 1 aliphatic carbocycles. The lowest BCUT2D eigenvalue weighted by Crippen LogP contribution is -2.60. The van der Waals surface area contributed by atoms with Gasteiger partial charge in [0.25, 0.3) is 0 Å². The van der Waals surface area contributed by atoms with Crippen LogP contribution in [0.4, 0.5) is 0 Å². The zero-order valence-corrected chi connectivity index (χ0v) is 19.7. The zero-order chi connectivity index (χ0) is 19.0. The van der Waals surface area contributed by atoms with Gasteiger partial charge in [0.05, 0.1) is 18.6 Å². The van der Waals surface area contributed by atoms with Crippen LogP contribution in [0.2, 0.25) is 0 Å². The average Bonchev–Trinajstić information content (AvgIpc) is 2.68. The molecule has 1 saturated heterocycles. The Kier molecular flexibility index (Phi) is 10.3. The van der Waals surface area contributed by atoms with Crippen LogP contribution in [-0.4, -0.2) is 75.8 Å². The minimum atomic E-state index is -0.487. The number of nitrogens with one attached hydrogen (secondary N) is 3. The first-order valence-corrected chi connectivity index (χ1v) is 9.93. The van der Waals surface area contributed by atoms with Crippen LogP contribution in [0.25, 0.3) is 0 Å². The van der Waals surface area contributed by atoms with Crippen LogP contribution < -0.4 is 16.0 Å². The molecule has 1 amide bonds. The summed E-state index contributed by atoms with van der Waals surface area (Å²) < 4.78 is 5.56. The second kappa shape index (κ2) is 11.4. The summed E-state index contributed by atoms with van der Waals surface area (Å²) in [4.78, 5) is 18.9. The molecule has 7 nitrogen and oxygen atoms in total. The van der Waals surface area contributed by atoms with E-state index < -0.39 is 5.41 Å². The van der Waals surface area contributed by atoms with Gasteiger partial charge < -0.3 is 20.7 Å². The predicted octanol–water partition coefficient (Wildman–Crippen LogP) is 1.58. The number of amides is 1. The Labute approximate surface area is 181 Å². The van der Waals surface area contributed by atoms with Gasteiger partial charge in [-0.2, -0.15) is 0 Å². The highest BCUT2D eigenvalue weighted by Gasteiger charge is 2.38. The van der Waals surface area contributed by atoms with Gasteiger partial charge >= 0.3 is 0 Å². The number of carbonyl (C=O) groups is 1. The maximum atomic E-state index is 12.0. The highest BCUT2D eigenvalue weighted by molar-refractivity contribution is 14.0. The molecule has 0 unspecified atom stereocenters. The van der Waals surface area contributed by atoms with Crippen LogP contribution >= 0.6 is 24.0 Å². The molecule has 2 fully saturated rings. The highest BCUT2D eigenvalue weighted by atomic mass is 127. The lowest BCUT2D eigenvalue weighted by atomic mass is 9.80. The smallest absolute Gasteiger partial charge is 0.227 e. The van der Waals surface area contributed by atoms with Gasteiger partial charge in [0, 0.05) is 45.8 Å². The Hall–Kier alpha value is -0.610.